The summed E-state index contributed by atoms with van der Waals surface area (Å²) in [5.41, 5.74) is 10.7. The Morgan fingerprint density at radius 1 is 1.20 bits per heavy atom. The molecule has 8 heteroatoms. The molecule has 1 unspecified atom stereocenters. The molecule has 144 valence electrons. The van der Waals surface area contributed by atoms with E-state index < -0.39 is 27.2 Å². The number of hydrogen-bond acceptors (Lipinski definition) is 6. The highest BCUT2D eigenvalue weighted by Crippen LogP contribution is 2.32. The first-order valence-electron chi connectivity index (χ1n) is 8.17. The highest BCUT2D eigenvalue weighted by molar-refractivity contribution is 7.89. The summed E-state index contributed by atoms with van der Waals surface area (Å²) in [6.45, 7) is 10.7. The van der Waals surface area contributed by atoms with Crippen LogP contribution in [0.25, 0.3) is 0 Å². The molecule has 0 fully saturated rings. The lowest BCUT2D eigenvalue weighted by Gasteiger charge is -2.42. The van der Waals surface area contributed by atoms with Crippen molar-refractivity contribution in [2.75, 3.05) is 24.7 Å². The second-order valence-electron chi connectivity index (χ2n) is 7.84. The van der Waals surface area contributed by atoms with Gasteiger partial charge in [0.25, 0.3) is 0 Å². The molecule has 0 spiro atoms. The van der Waals surface area contributed by atoms with Crippen LogP contribution in [-0.4, -0.2) is 48.2 Å². The quantitative estimate of drug-likeness (QED) is 0.627. The number of ether oxygens (including phenoxy) is 1. The summed E-state index contributed by atoms with van der Waals surface area (Å²) in [6, 6.07) is 3.68. The summed E-state index contributed by atoms with van der Waals surface area (Å²) in [7, 11) is -4.00. The van der Waals surface area contributed by atoms with Crippen molar-refractivity contribution in [1.29, 1.82) is 0 Å². The highest BCUT2D eigenvalue weighted by atomic mass is 32.2. The average Bonchev–Trinajstić information content (AvgIpc) is 2.46. The maximum Gasteiger partial charge on any atom is 0.246 e. The molecule has 1 atom stereocenters. The van der Waals surface area contributed by atoms with E-state index >= 15 is 0 Å². The molecule has 0 saturated carbocycles. The van der Waals surface area contributed by atoms with Crippen LogP contribution in [0.5, 0.6) is 0 Å². The van der Waals surface area contributed by atoms with Gasteiger partial charge in [0, 0.05) is 11.7 Å². The van der Waals surface area contributed by atoms with Gasteiger partial charge in [-0.15, -0.1) is 0 Å². The Morgan fingerprint density at radius 3 is 2.24 bits per heavy atom. The first kappa shape index (κ1) is 21.7. The summed E-state index contributed by atoms with van der Waals surface area (Å²) < 4.78 is 33.7. The predicted molar refractivity (Wildman–Crippen MR) is 101 cm³/mol. The third-order valence-corrected chi connectivity index (χ3v) is 5.98. The maximum atomic E-state index is 13.3. The van der Waals surface area contributed by atoms with Crippen molar-refractivity contribution < 1.29 is 18.3 Å². The minimum Gasteiger partial charge on any atom is -0.399 e. The van der Waals surface area contributed by atoms with Gasteiger partial charge in [0.05, 0.1) is 30.0 Å². The Labute approximate surface area is 151 Å². The lowest BCUT2D eigenvalue weighted by molar-refractivity contribution is -0.0525. The normalized spacial score (nSPS) is 14.7. The fraction of sp³-hybridized carbons (Fsp3) is 0.647. The highest BCUT2D eigenvalue weighted by Gasteiger charge is 2.42. The molecular weight excluding hydrogens is 342 g/mol. The number of aliphatic hydroxyl groups excluding tert-OH is 1. The molecule has 0 aliphatic heterocycles. The number of nitrogens with zero attached hydrogens (tertiary/aromatic N) is 1. The van der Waals surface area contributed by atoms with Crippen molar-refractivity contribution in [3.63, 3.8) is 0 Å². The van der Waals surface area contributed by atoms with E-state index in [9.17, 15) is 13.5 Å². The average molecular weight is 374 g/mol. The number of hydrogen-bond donors (Lipinski definition) is 3. The van der Waals surface area contributed by atoms with Crippen molar-refractivity contribution in [3.05, 3.63) is 18.2 Å². The van der Waals surface area contributed by atoms with Crippen LogP contribution in [-0.2, 0) is 14.8 Å². The van der Waals surface area contributed by atoms with Gasteiger partial charge in [0.15, 0.2) is 0 Å². The van der Waals surface area contributed by atoms with Gasteiger partial charge in [-0.2, -0.15) is 4.31 Å². The van der Waals surface area contributed by atoms with Gasteiger partial charge in [0.1, 0.15) is 4.90 Å². The zero-order chi connectivity index (χ0) is 19.6. The van der Waals surface area contributed by atoms with E-state index in [2.05, 4.69) is 0 Å². The zero-order valence-corrected chi connectivity index (χ0v) is 16.7. The molecule has 0 aliphatic carbocycles. The van der Waals surface area contributed by atoms with E-state index in [-0.39, 0.29) is 23.8 Å². The molecule has 0 radical (unpaired) electrons. The van der Waals surface area contributed by atoms with Crippen LogP contribution in [0.3, 0.4) is 0 Å². The van der Waals surface area contributed by atoms with Crippen LogP contribution in [0, 0.1) is 0 Å². The largest absolute Gasteiger partial charge is 0.399 e. The molecule has 1 aromatic carbocycles. The van der Waals surface area contributed by atoms with Crippen LogP contribution >= 0.6 is 0 Å². The van der Waals surface area contributed by atoms with Crippen molar-refractivity contribution in [1.82, 2.24) is 4.31 Å². The smallest absolute Gasteiger partial charge is 0.246 e. The number of anilines is 2. The summed E-state index contributed by atoms with van der Waals surface area (Å²) in [6.07, 6.45) is 0. The number of aliphatic hydroxyl groups is 1. The number of sulfonamides is 1. The standard InChI is InChI=1S/C17H31N3O4S/c1-12(10-21)20(17(5,6)11-24-16(2,3)4)25(22,23)15-9-13(18)7-8-14(15)19/h7-9,12,21H,10-11,18-19H2,1-6H3. The van der Waals surface area contributed by atoms with Gasteiger partial charge in [0.2, 0.25) is 10.0 Å². The molecular formula is C17H31N3O4S. The van der Waals surface area contributed by atoms with Crippen molar-refractivity contribution in [3.8, 4) is 0 Å². The van der Waals surface area contributed by atoms with Crippen molar-refractivity contribution in [2.45, 2.75) is 63.6 Å². The molecule has 25 heavy (non-hydrogen) atoms. The summed E-state index contributed by atoms with van der Waals surface area (Å²) in [4.78, 5) is -0.0726. The number of nitrogen functional groups attached to an aromatic ring is 2. The van der Waals surface area contributed by atoms with Crippen LogP contribution in [0.4, 0.5) is 11.4 Å². The van der Waals surface area contributed by atoms with Crippen LogP contribution in [0.15, 0.2) is 23.1 Å². The maximum absolute atomic E-state index is 13.3. The SMILES string of the molecule is CC(CO)N(C(C)(C)COC(C)(C)C)S(=O)(=O)c1cc(N)ccc1N. The van der Waals surface area contributed by atoms with Gasteiger partial charge >= 0.3 is 0 Å². The van der Waals surface area contributed by atoms with Gasteiger partial charge in [-0.1, -0.05) is 0 Å². The van der Waals surface area contributed by atoms with Gasteiger partial charge < -0.3 is 21.3 Å². The van der Waals surface area contributed by atoms with E-state index in [1.807, 2.05) is 20.8 Å². The fourth-order valence-corrected chi connectivity index (χ4v) is 4.68. The number of benzene rings is 1. The summed E-state index contributed by atoms with van der Waals surface area (Å²) in [5.74, 6) is 0. The molecule has 0 aromatic heterocycles. The monoisotopic (exact) mass is 373 g/mol. The molecule has 0 heterocycles. The van der Waals surface area contributed by atoms with E-state index in [1.54, 1.807) is 26.8 Å². The van der Waals surface area contributed by atoms with Crippen LogP contribution in [0.1, 0.15) is 41.5 Å². The first-order chi connectivity index (χ1) is 11.2. The molecule has 0 saturated heterocycles. The van der Waals surface area contributed by atoms with Crippen molar-refractivity contribution >= 4 is 21.4 Å². The Kier molecular flexibility index (Phi) is 6.50. The topological polar surface area (TPSA) is 119 Å². The zero-order valence-electron chi connectivity index (χ0n) is 15.9. The minimum absolute atomic E-state index is 0.0726. The summed E-state index contributed by atoms with van der Waals surface area (Å²) >= 11 is 0. The molecule has 1 rings (SSSR count). The fourth-order valence-electron chi connectivity index (χ4n) is 2.57. The lowest BCUT2D eigenvalue weighted by atomic mass is 10.0. The molecule has 0 bridgehead atoms. The van der Waals surface area contributed by atoms with E-state index in [0.717, 1.165) is 0 Å². The number of nitrogens with two attached hydrogens (primary N) is 2. The third kappa shape index (κ3) is 5.31. The molecule has 7 nitrogen and oxygen atoms in total. The summed E-state index contributed by atoms with van der Waals surface area (Å²) in [5, 5.41) is 9.63. The van der Waals surface area contributed by atoms with Crippen LogP contribution in [0.2, 0.25) is 0 Å². The third-order valence-electron chi connectivity index (χ3n) is 3.69. The Bertz CT molecular complexity index is 696. The second-order valence-corrected chi connectivity index (χ2v) is 9.63. The van der Waals surface area contributed by atoms with E-state index in [0.29, 0.717) is 5.69 Å². The molecule has 0 aliphatic rings. The van der Waals surface area contributed by atoms with Gasteiger partial charge in [-0.05, 0) is 59.7 Å². The van der Waals surface area contributed by atoms with Gasteiger partial charge in [-0.25, -0.2) is 8.42 Å². The molecule has 0 amide bonds. The minimum atomic E-state index is -4.00. The second kappa shape index (κ2) is 7.49. The van der Waals surface area contributed by atoms with E-state index in [4.69, 9.17) is 16.2 Å². The first-order valence-corrected chi connectivity index (χ1v) is 9.61. The van der Waals surface area contributed by atoms with Crippen molar-refractivity contribution in [2.24, 2.45) is 0 Å². The van der Waals surface area contributed by atoms with Crippen LogP contribution < -0.4 is 11.5 Å². The predicted octanol–water partition coefficient (Wildman–Crippen LogP) is 1.82. The molecule has 5 N–H and O–H groups in total. The lowest BCUT2D eigenvalue weighted by Crippen LogP contribution is -2.56. The van der Waals surface area contributed by atoms with E-state index in [1.165, 1.54) is 16.4 Å². The Balaban J connectivity index is 3.41. The molecule has 1 aromatic rings. The Morgan fingerprint density at radius 2 is 1.76 bits per heavy atom. The Hall–Kier alpha value is -1.35. The number of rotatable bonds is 7. The van der Waals surface area contributed by atoms with Gasteiger partial charge in [-0.3, -0.25) is 0 Å².